The van der Waals surface area contributed by atoms with Gasteiger partial charge >= 0.3 is 5.97 Å². The normalized spacial score (nSPS) is 11.2. The number of benzene rings is 2. The van der Waals surface area contributed by atoms with E-state index in [4.69, 9.17) is 16.3 Å². The molecule has 6 nitrogen and oxygen atoms in total. The van der Waals surface area contributed by atoms with Crippen LogP contribution in [-0.2, 0) is 26.0 Å². The molecular weight excluding hydrogens is 402 g/mol. The molecule has 0 radical (unpaired) electrons. The van der Waals surface area contributed by atoms with Crippen molar-refractivity contribution in [3.63, 3.8) is 0 Å². The predicted octanol–water partition coefficient (Wildman–Crippen LogP) is 3.39. The van der Waals surface area contributed by atoms with Gasteiger partial charge in [0.25, 0.3) is 0 Å². The molecule has 2 aromatic rings. The number of ether oxygens (including phenoxy) is 1. The van der Waals surface area contributed by atoms with Crippen LogP contribution in [0.25, 0.3) is 0 Å². The number of nitrogens with one attached hydrogen (secondary N) is 1. The van der Waals surface area contributed by atoms with E-state index < -0.39 is 10.0 Å². The van der Waals surface area contributed by atoms with Crippen molar-refractivity contribution in [1.82, 2.24) is 4.72 Å². The minimum atomic E-state index is -3.63. The van der Waals surface area contributed by atoms with Crippen molar-refractivity contribution >= 4 is 33.4 Å². The van der Waals surface area contributed by atoms with Crippen LogP contribution in [0.3, 0.4) is 0 Å². The number of esters is 1. The van der Waals surface area contributed by atoms with Crippen LogP contribution in [0.5, 0.6) is 0 Å². The van der Waals surface area contributed by atoms with E-state index in [1.54, 1.807) is 43.3 Å². The maximum Gasteiger partial charge on any atom is 0.306 e. The third-order valence-corrected chi connectivity index (χ3v) is 5.64. The molecule has 2 aromatic carbocycles. The Morgan fingerprint density at radius 2 is 1.79 bits per heavy atom. The number of hydrogen-bond donors (Lipinski definition) is 1. The first kappa shape index (κ1) is 22.1. The molecule has 0 saturated carbocycles. The van der Waals surface area contributed by atoms with Gasteiger partial charge in [0.1, 0.15) is 0 Å². The average Bonchev–Trinajstić information content (AvgIpc) is 2.67. The molecule has 0 unspecified atom stereocenters. The van der Waals surface area contributed by atoms with E-state index in [2.05, 4.69) is 4.72 Å². The average molecular weight is 424 g/mol. The number of hydrogen-bond acceptors (Lipinski definition) is 5. The molecule has 0 bridgehead atoms. The van der Waals surface area contributed by atoms with Gasteiger partial charge in [0.2, 0.25) is 10.0 Å². The molecule has 2 rings (SSSR count). The Morgan fingerprint density at radius 1 is 1.07 bits per heavy atom. The molecule has 0 aliphatic carbocycles. The number of carbonyl (C=O) groups excluding carboxylic acids is 2. The maximum absolute atomic E-state index is 12.2. The Bertz CT molecular complexity index is 926. The number of rotatable bonds is 10. The lowest BCUT2D eigenvalue weighted by Crippen LogP contribution is -2.26. The van der Waals surface area contributed by atoms with Crippen molar-refractivity contribution in [2.75, 3.05) is 13.2 Å². The fraction of sp³-hybridized carbons (Fsp3) is 0.300. The summed E-state index contributed by atoms with van der Waals surface area (Å²) in [5.74, 6) is -0.527. The van der Waals surface area contributed by atoms with Gasteiger partial charge in [-0.25, -0.2) is 13.1 Å². The van der Waals surface area contributed by atoms with E-state index in [1.807, 2.05) is 0 Å². The first-order valence-corrected chi connectivity index (χ1v) is 10.7. The Morgan fingerprint density at radius 3 is 2.43 bits per heavy atom. The summed E-state index contributed by atoms with van der Waals surface area (Å²) in [7, 11) is -3.63. The van der Waals surface area contributed by atoms with Crippen molar-refractivity contribution < 1.29 is 22.7 Å². The summed E-state index contributed by atoms with van der Waals surface area (Å²) in [4.78, 5) is 23.5. The summed E-state index contributed by atoms with van der Waals surface area (Å²) in [6.45, 7) is 2.22. The van der Waals surface area contributed by atoms with Gasteiger partial charge in [0.05, 0.1) is 17.9 Å². The fourth-order valence-electron chi connectivity index (χ4n) is 2.50. The second kappa shape index (κ2) is 10.4. The van der Waals surface area contributed by atoms with Crippen LogP contribution in [0.1, 0.15) is 35.7 Å². The van der Waals surface area contributed by atoms with Gasteiger partial charge in [-0.1, -0.05) is 41.9 Å². The summed E-state index contributed by atoms with van der Waals surface area (Å²) in [5.41, 5.74) is 1.39. The molecule has 0 amide bonds. The lowest BCUT2D eigenvalue weighted by molar-refractivity contribution is -0.143. The molecule has 0 aliphatic heterocycles. The van der Waals surface area contributed by atoms with Crippen molar-refractivity contribution in [2.24, 2.45) is 0 Å². The van der Waals surface area contributed by atoms with Gasteiger partial charge in [-0.3, -0.25) is 9.59 Å². The van der Waals surface area contributed by atoms with Crippen molar-refractivity contribution in [1.29, 1.82) is 0 Å². The SMILES string of the molecule is CCOC(=O)CCC(=O)c1ccc(CCNS(=O)(=O)c2cccc(Cl)c2)cc1. The van der Waals surface area contributed by atoms with E-state index in [-0.39, 0.29) is 36.0 Å². The van der Waals surface area contributed by atoms with Gasteiger partial charge < -0.3 is 4.74 Å². The molecule has 28 heavy (non-hydrogen) atoms. The van der Waals surface area contributed by atoms with Gasteiger partial charge in [0.15, 0.2) is 5.78 Å². The summed E-state index contributed by atoms with van der Waals surface area (Å²) in [6, 6.07) is 12.9. The van der Waals surface area contributed by atoms with E-state index in [0.717, 1.165) is 5.56 Å². The number of halogens is 1. The molecule has 8 heteroatoms. The van der Waals surface area contributed by atoms with E-state index in [9.17, 15) is 18.0 Å². The highest BCUT2D eigenvalue weighted by Gasteiger charge is 2.14. The quantitative estimate of drug-likeness (QED) is 0.467. The lowest BCUT2D eigenvalue weighted by Gasteiger charge is -2.08. The zero-order valence-electron chi connectivity index (χ0n) is 15.5. The van der Waals surface area contributed by atoms with Crippen LogP contribution in [0, 0.1) is 0 Å². The second-order valence-corrected chi connectivity index (χ2v) is 8.23. The lowest BCUT2D eigenvalue weighted by atomic mass is 10.0. The molecule has 0 spiro atoms. The Labute approximate surface area is 169 Å². The Hall–Kier alpha value is -2.22. The molecule has 0 aliphatic rings. The van der Waals surface area contributed by atoms with Gasteiger partial charge in [-0.05, 0) is 37.1 Å². The molecule has 1 N–H and O–H groups in total. The van der Waals surface area contributed by atoms with Crippen molar-refractivity contribution in [3.8, 4) is 0 Å². The first-order valence-electron chi connectivity index (χ1n) is 8.85. The van der Waals surface area contributed by atoms with E-state index in [1.165, 1.54) is 12.1 Å². The molecule has 0 aromatic heterocycles. The van der Waals surface area contributed by atoms with E-state index in [0.29, 0.717) is 23.6 Å². The molecular formula is C20H22ClNO5S. The van der Waals surface area contributed by atoms with Crippen LogP contribution in [0.4, 0.5) is 0 Å². The summed E-state index contributed by atoms with van der Waals surface area (Å²) < 4.78 is 31.8. The minimum Gasteiger partial charge on any atom is -0.466 e. The molecule has 150 valence electrons. The molecule has 0 saturated heterocycles. The number of sulfonamides is 1. The highest BCUT2D eigenvalue weighted by molar-refractivity contribution is 7.89. The fourth-order valence-corrected chi connectivity index (χ4v) is 3.83. The summed E-state index contributed by atoms with van der Waals surface area (Å²) >= 11 is 5.83. The summed E-state index contributed by atoms with van der Waals surface area (Å²) in [6.07, 6.45) is 0.619. The Balaban J connectivity index is 1.85. The van der Waals surface area contributed by atoms with Crippen molar-refractivity contribution in [3.05, 3.63) is 64.7 Å². The zero-order valence-corrected chi connectivity index (χ0v) is 17.1. The van der Waals surface area contributed by atoms with Gasteiger partial charge in [0, 0.05) is 23.6 Å². The topological polar surface area (TPSA) is 89.5 Å². The highest BCUT2D eigenvalue weighted by atomic mass is 35.5. The van der Waals surface area contributed by atoms with Crippen LogP contribution in [0.15, 0.2) is 53.4 Å². The smallest absolute Gasteiger partial charge is 0.306 e. The van der Waals surface area contributed by atoms with Gasteiger partial charge in [-0.15, -0.1) is 0 Å². The van der Waals surface area contributed by atoms with Crippen LogP contribution in [0.2, 0.25) is 5.02 Å². The van der Waals surface area contributed by atoms with Crippen molar-refractivity contribution in [2.45, 2.75) is 31.1 Å². The first-order chi connectivity index (χ1) is 13.3. The third kappa shape index (κ3) is 6.74. The standard InChI is InChI=1S/C20H22ClNO5S/c1-2-27-20(24)11-10-19(23)16-8-6-15(7-9-16)12-13-22-28(25,26)18-5-3-4-17(21)14-18/h3-9,14,22H,2,10-13H2,1H3. The molecule has 0 fully saturated rings. The number of carbonyl (C=O) groups is 2. The van der Waals surface area contributed by atoms with E-state index >= 15 is 0 Å². The monoisotopic (exact) mass is 423 g/mol. The number of ketones is 1. The zero-order chi connectivity index (χ0) is 20.6. The van der Waals surface area contributed by atoms with Crippen LogP contribution in [-0.4, -0.2) is 33.3 Å². The predicted molar refractivity (Wildman–Crippen MR) is 107 cm³/mol. The third-order valence-electron chi connectivity index (χ3n) is 3.95. The largest absolute Gasteiger partial charge is 0.466 e. The maximum atomic E-state index is 12.2. The molecule has 0 heterocycles. The van der Waals surface area contributed by atoms with Crippen LogP contribution < -0.4 is 4.72 Å². The Kier molecular flexibility index (Phi) is 8.17. The minimum absolute atomic E-state index is 0.0553. The number of Topliss-reactive ketones (excluding diaryl/α,β-unsaturated/α-hetero) is 1. The summed E-state index contributed by atoms with van der Waals surface area (Å²) in [5, 5.41) is 0.353. The van der Waals surface area contributed by atoms with Crippen LogP contribution >= 0.6 is 11.6 Å². The molecule has 0 atom stereocenters. The highest BCUT2D eigenvalue weighted by Crippen LogP contribution is 2.15. The van der Waals surface area contributed by atoms with Gasteiger partial charge in [-0.2, -0.15) is 0 Å². The second-order valence-electron chi connectivity index (χ2n) is 6.03.